The van der Waals surface area contributed by atoms with Crippen LogP contribution in [0.4, 0.5) is 0 Å². The first-order chi connectivity index (χ1) is 6.86. The van der Waals surface area contributed by atoms with Crippen molar-refractivity contribution in [3.05, 3.63) is 0 Å². The second-order valence-electron chi connectivity index (χ2n) is 4.30. The van der Waals surface area contributed by atoms with Gasteiger partial charge in [0.25, 0.3) is 0 Å². The summed E-state index contributed by atoms with van der Waals surface area (Å²) in [6, 6.07) is -0.435. The van der Waals surface area contributed by atoms with Crippen molar-refractivity contribution >= 4 is 23.3 Å². The fraction of sp³-hybridized carbons (Fsp3) is 0.818. The van der Waals surface area contributed by atoms with Crippen LogP contribution >= 0.6 is 11.8 Å². The summed E-state index contributed by atoms with van der Waals surface area (Å²) in [4.78, 5) is 22.7. The molecule has 1 atom stereocenters. The molecule has 0 aromatic heterocycles. The summed E-state index contributed by atoms with van der Waals surface area (Å²) in [5.41, 5.74) is 5.70. The van der Waals surface area contributed by atoms with E-state index in [0.717, 1.165) is 0 Å². The maximum atomic E-state index is 11.4. The minimum absolute atomic E-state index is 0.0265. The zero-order chi connectivity index (χ0) is 12.0. The molecule has 0 aromatic carbocycles. The first kappa shape index (κ1) is 14.6. The fourth-order valence-corrected chi connectivity index (χ4v) is 2.03. The summed E-state index contributed by atoms with van der Waals surface area (Å²) in [5.74, 6) is 1.31. The largest absolute Gasteiger partial charge is 0.321 e. The Morgan fingerprint density at radius 2 is 1.67 bits per heavy atom. The zero-order valence-corrected chi connectivity index (χ0v) is 10.8. The van der Waals surface area contributed by atoms with Crippen molar-refractivity contribution in [2.75, 3.05) is 11.5 Å². The molecule has 4 heteroatoms. The minimum Gasteiger partial charge on any atom is -0.321 e. The van der Waals surface area contributed by atoms with Crippen LogP contribution in [0.5, 0.6) is 0 Å². The Kier molecular flexibility index (Phi) is 6.85. The van der Waals surface area contributed by atoms with Crippen LogP contribution in [-0.4, -0.2) is 29.1 Å². The molecule has 15 heavy (non-hydrogen) atoms. The number of carbonyl (C=O) groups is 2. The molecule has 0 aliphatic heterocycles. The van der Waals surface area contributed by atoms with Crippen LogP contribution in [0, 0.1) is 11.8 Å². The molecular formula is C11H21NO2S. The van der Waals surface area contributed by atoms with E-state index in [1.807, 2.05) is 27.7 Å². The van der Waals surface area contributed by atoms with E-state index in [1.165, 1.54) is 11.8 Å². The number of rotatable bonds is 7. The number of nitrogens with two attached hydrogens (primary N) is 1. The lowest BCUT2D eigenvalue weighted by Crippen LogP contribution is -2.36. The third kappa shape index (κ3) is 5.95. The van der Waals surface area contributed by atoms with Crippen LogP contribution in [0.15, 0.2) is 0 Å². The van der Waals surface area contributed by atoms with Gasteiger partial charge in [0.1, 0.15) is 5.78 Å². The molecule has 0 radical (unpaired) electrons. The van der Waals surface area contributed by atoms with Crippen LogP contribution in [0.1, 0.15) is 27.7 Å². The van der Waals surface area contributed by atoms with Crippen molar-refractivity contribution in [3.8, 4) is 0 Å². The van der Waals surface area contributed by atoms with Crippen LogP contribution in [0.25, 0.3) is 0 Å². The molecule has 0 spiro atoms. The lowest BCUT2D eigenvalue weighted by atomic mass is 10.0. The molecule has 0 aliphatic carbocycles. The fourth-order valence-electron chi connectivity index (χ4n) is 0.963. The van der Waals surface area contributed by atoms with Gasteiger partial charge in [0.2, 0.25) is 0 Å². The van der Waals surface area contributed by atoms with Gasteiger partial charge in [0, 0.05) is 17.6 Å². The Balaban J connectivity index is 3.78. The van der Waals surface area contributed by atoms with Gasteiger partial charge in [-0.25, -0.2) is 0 Å². The molecule has 0 amide bonds. The normalized spacial score (nSPS) is 13.3. The molecule has 0 bridgehead atoms. The van der Waals surface area contributed by atoms with Crippen molar-refractivity contribution in [3.63, 3.8) is 0 Å². The molecule has 3 nitrogen and oxygen atoms in total. The lowest BCUT2D eigenvalue weighted by Gasteiger charge is -2.12. The second kappa shape index (κ2) is 7.01. The summed E-state index contributed by atoms with van der Waals surface area (Å²) in [6.45, 7) is 7.43. The van der Waals surface area contributed by atoms with Crippen molar-refractivity contribution in [2.45, 2.75) is 33.7 Å². The third-order valence-electron chi connectivity index (χ3n) is 2.12. The highest BCUT2D eigenvalue weighted by Gasteiger charge is 2.17. The van der Waals surface area contributed by atoms with E-state index in [2.05, 4.69) is 0 Å². The first-order valence-electron chi connectivity index (χ1n) is 5.26. The van der Waals surface area contributed by atoms with Gasteiger partial charge in [-0.2, -0.15) is 11.8 Å². The number of hydrogen-bond acceptors (Lipinski definition) is 4. The summed E-state index contributed by atoms with van der Waals surface area (Å²) < 4.78 is 0. The Morgan fingerprint density at radius 1 is 1.13 bits per heavy atom. The van der Waals surface area contributed by atoms with Gasteiger partial charge in [0.05, 0.1) is 11.8 Å². The quantitative estimate of drug-likeness (QED) is 0.721. The van der Waals surface area contributed by atoms with E-state index in [-0.39, 0.29) is 23.4 Å². The number of hydrogen-bond donors (Lipinski definition) is 1. The maximum Gasteiger partial charge on any atom is 0.152 e. The monoisotopic (exact) mass is 231 g/mol. The predicted octanol–water partition coefficient (Wildman–Crippen LogP) is 1.50. The average Bonchev–Trinajstić information content (AvgIpc) is 2.15. The smallest absolute Gasteiger partial charge is 0.152 e. The summed E-state index contributed by atoms with van der Waals surface area (Å²) in [6.07, 6.45) is 0. The summed E-state index contributed by atoms with van der Waals surface area (Å²) in [5, 5.41) is 0. The Morgan fingerprint density at radius 3 is 2.07 bits per heavy atom. The molecule has 0 saturated carbocycles. The molecule has 2 N–H and O–H groups in total. The van der Waals surface area contributed by atoms with Gasteiger partial charge >= 0.3 is 0 Å². The van der Waals surface area contributed by atoms with Crippen LogP contribution < -0.4 is 5.73 Å². The van der Waals surface area contributed by atoms with E-state index >= 15 is 0 Å². The molecule has 0 heterocycles. The van der Waals surface area contributed by atoms with Crippen LogP contribution in [-0.2, 0) is 9.59 Å². The molecule has 0 saturated heterocycles. The van der Waals surface area contributed by atoms with E-state index < -0.39 is 6.04 Å². The lowest BCUT2D eigenvalue weighted by molar-refractivity contribution is -0.122. The van der Waals surface area contributed by atoms with E-state index in [1.54, 1.807) is 0 Å². The average molecular weight is 231 g/mol. The van der Waals surface area contributed by atoms with E-state index in [4.69, 9.17) is 5.73 Å². The molecule has 1 unspecified atom stereocenters. The summed E-state index contributed by atoms with van der Waals surface area (Å²) in [7, 11) is 0. The molecule has 0 aliphatic rings. The number of carbonyl (C=O) groups excluding carboxylic acids is 2. The highest BCUT2D eigenvalue weighted by Crippen LogP contribution is 2.09. The second-order valence-corrected chi connectivity index (χ2v) is 5.33. The number of ketones is 2. The van der Waals surface area contributed by atoms with E-state index in [0.29, 0.717) is 11.5 Å². The Bertz CT molecular complexity index is 227. The Hall–Kier alpha value is -0.350. The molecule has 0 aromatic rings. The number of Topliss-reactive ketones (excluding diaryl/α,β-unsaturated/α-hetero) is 2. The highest BCUT2D eigenvalue weighted by molar-refractivity contribution is 8.00. The predicted molar refractivity (Wildman–Crippen MR) is 65.0 cm³/mol. The molecular weight excluding hydrogens is 210 g/mol. The van der Waals surface area contributed by atoms with Gasteiger partial charge in [0.15, 0.2) is 5.78 Å². The van der Waals surface area contributed by atoms with Gasteiger partial charge in [-0.15, -0.1) is 0 Å². The van der Waals surface area contributed by atoms with Crippen molar-refractivity contribution in [2.24, 2.45) is 17.6 Å². The Labute approximate surface area is 96.2 Å². The minimum atomic E-state index is -0.435. The SMILES string of the molecule is CC(C)C(=O)CSCC(N)C(=O)C(C)C. The zero-order valence-electron chi connectivity index (χ0n) is 9.95. The molecule has 0 rings (SSSR count). The van der Waals surface area contributed by atoms with Crippen molar-refractivity contribution < 1.29 is 9.59 Å². The first-order valence-corrected chi connectivity index (χ1v) is 6.41. The molecule has 88 valence electrons. The van der Waals surface area contributed by atoms with Crippen LogP contribution in [0.3, 0.4) is 0 Å². The third-order valence-corrected chi connectivity index (χ3v) is 3.20. The van der Waals surface area contributed by atoms with Gasteiger partial charge in [-0.05, 0) is 0 Å². The number of thioether (sulfide) groups is 1. The van der Waals surface area contributed by atoms with Crippen LogP contribution in [0.2, 0.25) is 0 Å². The van der Waals surface area contributed by atoms with Gasteiger partial charge < -0.3 is 5.73 Å². The highest BCUT2D eigenvalue weighted by atomic mass is 32.2. The molecule has 0 fully saturated rings. The maximum absolute atomic E-state index is 11.4. The van der Waals surface area contributed by atoms with E-state index in [9.17, 15) is 9.59 Å². The van der Waals surface area contributed by atoms with Gasteiger partial charge in [-0.3, -0.25) is 9.59 Å². The summed E-state index contributed by atoms with van der Waals surface area (Å²) >= 11 is 1.45. The standard InChI is InChI=1S/C11H21NO2S/c1-7(2)10(13)6-15-5-9(12)11(14)8(3)4/h7-9H,5-6,12H2,1-4H3. The van der Waals surface area contributed by atoms with Crippen molar-refractivity contribution in [1.82, 2.24) is 0 Å². The van der Waals surface area contributed by atoms with Gasteiger partial charge in [-0.1, -0.05) is 27.7 Å². The van der Waals surface area contributed by atoms with Crippen molar-refractivity contribution in [1.29, 1.82) is 0 Å². The topological polar surface area (TPSA) is 60.2 Å².